The Balaban J connectivity index is 1.99. The predicted octanol–water partition coefficient (Wildman–Crippen LogP) is 2.65. The van der Waals surface area contributed by atoms with E-state index in [2.05, 4.69) is 46.5 Å². The highest BCUT2D eigenvalue weighted by Gasteiger charge is 1.95. The summed E-state index contributed by atoms with van der Waals surface area (Å²) >= 11 is 0. The Hall–Kier alpha value is -1.90. The van der Waals surface area contributed by atoms with E-state index in [0.29, 0.717) is 0 Å². The number of rotatable bonds is 4. The number of aryl methyl sites for hydroxylation is 1. The van der Waals surface area contributed by atoms with Crippen molar-refractivity contribution in [1.29, 1.82) is 0 Å². The van der Waals surface area contributed by atoms with Gasteiger partial charge in [-0.05, 0) is 24.1 Å². The smallest absolute Gasteiger partial charge is 0.115 e. The molecule has 82 valence electrons. The van der Waals surface area contributed by atoms with E-state index in [1.165, 1.54) is 5.56 Å². The Morgan fingerprint density at radius 2 is 1.94 bits per heavy atom. The summed E-state index contributed by atoms with van der Waals surface area (Å²) in [5.74, 6) is 0. The number of anilines is 1. The monoisotopic (exact) mass is 213 g/mol. The largest absolute Gasteiger partial charge is 0.381 e. The van der Waals surface area contributed by atoms with Crippen LogP contribution in [0, 0.1) is 0 Å². The van der Waals surface area contributed by atoms with Crippen molar-refractivity contribution >= 4 is 5.69 Å². The fourth-order valence-electron chi connectivity index (χ4n) is 1.53. The summed E-state index contributed by atoms with van der Waals surface area (Å²) in [5.41, 5.74) is 3.57. The molecule has 2 aromatic rings. The number of benzene rings is 1. The quantitative estimate of drug-likeness (QED) is 0.848. The van der Waals surface area contributed by atoms with Gasteiger partial charge in [-0.2, -0.15) is 0 Å². The standard InChI is InChI=1S/C13H15N3/c1-2-11-4-3-5-13(6-11)16-9-12-7-14-10-15-8-12/h3-8,10,16H,2,9H2,1H3. The normalized spacial score (nSPS) is 10.1. The van der Waals surface area contributed by atoms with Gasteiger partial charge in [-0.1, -0.05) is 19.1 Å². The van der Waals surface area contributed by atoms with Crippen LogP contribution in [-0.4, -0.2) is 9.97 Å². The van der Waals surface area contributed by atoms with E-state index < -0.39 is 0 Å². The number of hydrogen-bond acceptors (Lipinski definition) is 3. The summed E-state index contributed by atoms with van der Waals surface area (Å²) < 4.78 is 0. The first-order valence-electron chi connectivity index (χ1n) is 5.45. The maximum absolute atomic E-state index is 3.98. The second-order valence-electron chi connectivity index (χ2n) is 3.65. The van der Waals surface area contributed by atoms with Crippen molar-refractivity contribution in [2.45, 2.75) is 19.9 Å². The Kier molecular flexibility index (Phi) is 3.49. The Bertz CT molecular complexity index is 440. The van der Waals surface area contributed by atoms with Gasteiger partial charge in [0.1, 0.15) is 6.33 Å². The second-order valence-corrected chi connectivity index (χ2v) is 3.65. The number of nitrogens with zero attached hydrogens (tertiary/aromatic N) is 2. The maximum atomic E-state index is 3.98. The Morgan fingerprint density at radius 3 is 2.69 bits per heavy atom. The highest BCUT2D eigenvalue weighted by atomic mass is 14.9. The summed E-state index contributed by atoms with van der Waals surface area (Å²) in [7, 11) is 0. The molecule has 0 bridgehead atoms. The minimum atomic E-state index is 0.758. The van der Waals surface area contributed by atoms with Crippen LogP contribution in [0.4, 0.5) is 5.69 Å². The first-order chi connectivity index (χ1) is 7.88. The van der Waals surface area contributed by atoms with Crippen LogP contribution in [0.15, 0.2) is 43.0 Å². The zero-order chi connectivity index (χ0) is 11.2. The molecule has 0 saturated carbocycles. The molecule has 1 aromatic carbocycles. The lowest BCUT2D eigenvalue weighted by Crippen LogP contribution is -2.00. The van der Waals surface area contributed by atoms with Crippen LogP contribution in [0.1, 0.15) is 18.1 Å². The molecular formula is C13H15N3. The van der Waals surface area contributed by atoms with Crippen LogP contribution in [0.3, 0.4) is 0 Å². The van der Waals surface area contributed by atoms with Gasteiger partial charge >= 0.3 is 0 Å². The van der Waals surface area contributed by atoms with Crippen LogP contribution in [0.25, 0.3) is 0 Å². The van der Waals surface area contributed by atoms with Gasteiger partial charge in [-0.3, -0.25) is 0 Å². The molecule has 1 N–H and O–H groups in total. The van der Waals surface area contributed by atoms with Crippen molar-refractivity contribution in [3.8, 4) is 0 Å². The third-order valence-corrected chi connectivity index (χ3v) is 2.45. The van der Waals surface area contributed by atoms with Gasteiger partial charge < -0.3 is 5.32 Å². The highest BCUT2D eigenvalue weighted by Crippen LogP contribution is 2.11. The predicted molar refractivity (Wildman–Crippen MR) is 65.2 cm³/mol. The third kappa shape index (κ3) is 2.79. The minimum absolute atomic E-state index is 0.758. The van der Waals surface area contributed by atoms with Gasteiger partial charge in [0.2, 0.25) is 0 Å². The number of aromatic nitrogens is 2. The summed E-state index contributed by atoms with van der Waals surface area (Å²) in [6.45, 7) is 2.91. The van der Waals surface area contributed by atoms with Gasteiger partial charge in [0.25, 0.3) is 0 Å². The fourth-order valence-corrected chi connectivity index (χ4v) is 1.53. The Morgan fingerprint density at radius 1 is 1.12 bits per heavy atom. The molecule has 0 aliphatic heterocycles. The van der Waals surface area contributed by atoms with Crippen LogP contribution in [-0.2, 0) is 13.0 Å². The molecule has 0 saturated heterocycles. The van der Waals surface area contributed by atoms with E-state index in [4.69, 9.17) is 0 Å². The molecule has 3 nitrogen and oxygen atoms in total. The maximum Gasteiger partial charge on any atom is 0.115 e. The molecule has 3 heteroatoms. The third-order valence-electron chi connectivity index (χ3n) is 2.45. The van der Waals surface area contributed by atoms with Crippen LogP contribution >= 0.6 is 0 Å². The van der Waals surface area contributed by atoms with Crippen molar-refractivity contribution in [3.05, 3.63) is 54.1 Å². The molecule has 0 amide bonds. The molecular weight excluding hydrogens is 198 g/mol. The van der Waals surface area contributed by atoms with Gasteiger partial charge in [0, 0.05) is 30.2 Å². The SMILES string of the molecule is CCc1cccc(NCc2cncnc2)c1. The fraction of sp³-hybridized carbons (Fsp3) is 0.231. The second kappa shape index (κ2) is 5.26. The van der Waals surface area contributed by atoms with Crippen LogP contribution in [0.5, 0.6) is 0 Å². The molecule has 0 unspecified atom stereocenters. The van der Waals surface area contributed by atoms with Crippen molar-refractivity contribution in [3.63, 3.8) is 0 Å². The van der Waals surface area contributed by atoms with Crippen LogP contribution < -0.4 is 5.32 Å². The van der Waals surface area contributed by atoms with E-state index in [0.717, 1.165) is 24.2 Å². The van der Waals surface area contributed by atoms with E-state index >= 15 is 0 Å². The molecule has 1 aromatic heterocycles. The van der Waals surface area contributed by atoms with Crippen molar-refractivity contribution < 1.29 is 0 Å². The highest BCUT2D eigenvalue weighted by molar-refractivity contribution is 5.46. The summed E-state index contributed by atoms with van der Waals surface area (Å²) in [6.07, 6.45) is 6.25. The lowest BCUT2D eigenvalue weighted by molar-refractivity contribution is 1.05. The lowest BCUT2D eigenvalue weighted by atomic mass is 10.1. The molecule has 0 aliphatic rings. The van der Waals surface area contributed by atoms with E-state index in [1.54, 1.807) is 6.33 Å². The molecule has 16 heavy (non-hydrogen) atoms. The van der Waals surface area contributed by atoms with Gasteiger partial charge in [-0.15, -0.1) is 0 Å². The zero-order valence-corrected chi connectivity index (χ0v) is 9.35. The average Bonchev–Trinajstić information content (AvgIpc) is 2.38. The molecule has 0 fully saturated rings. The van der Waals surface area contributed by atoms with E-state index in [1.807, 2.05) is 12.4 Å². The topological polar surface area (TPSA) is 37.8 Å². The van der Waals surface area contributed by atoms with Gasteiger partial charge in [0.15, 0.2) is 0 Å². The van der Waals surface area contributed by atoms with Gasteiger partial charge in [-0.25, -0.2) is 9.97 Å². The molecule has 2 rings (SSSR count). The summed E-state index contributed by atoms with van der Waals surface area (Å²) in [4.78, 5) is 7.96. The molecule has 0 atom stereocenters. The minimum Gasteiger partial charge on any atom is -0.381 e. The molecule has 1 heterocycles. The molecule has 0 spiro atoms. The summed E-state index contributed by atoms with van der Waals surface area (Å²) in [6, 6.07) is 8.45. The first-order valence-corrected chi connectivity index (χ1v) is 5.45. The zero-order valence-electron chi connectivity index (χ0n) is 9.35. The van der Waals surface area contributed by atoms with Crippen molar-refractivity contribution in [2.75, 3.05) is 5.32 Å². The average molecular weight is 213 g/mol. The lowest BCUT2D eigenvalue weighted by Gasteiger charge is -2.07. The molecule has 0 radical (unpaired) electrons. The Labute approximate surface area is 95.6 Å². The van der Waals surface area contributed by atoms with Gasteiger partial charge in [0.05, 0.1) is 0 Å². The van der Waals surface area contributed by atoms with Crippen molar-refractivity contribution in [2.24, 2.45) is 0 Å². The van der Waals surface area contributed by atoms with Crippen LogP contribution in [0.2, 0.25) is 0 Å². The van der Waals surface area contributed by atoms with E-state index in [-0.39, 0.29) is 0 Å². The number of hydrogen-bond donors (Lipinski definition) is 1. The first kappa shape index (κ1) is 10.6. The van der Waals surface area contributed by atoms with Crippen molar-refractivity contribution in [1.82, 2.24) is 9.97 Å². The van der Waals surface area contributed by atoms with E-state index in [9.17, 15) is 0 Å². The molecule has 0 aliphatic carbocycles. The number of nitrogens with one attached hydrogen (secondary N) is 1. The summed E-state index contributed by atoms with van der Waals surface area (Å²) in [5, 5.41) is 3.36.